The summed E-state index contributed by atoms with van der Waals surface area (Å²) in [7, 11) is 0. The lowest BCUT2D eigenvalue weighted by Gasteiger charge is -2.35. The van der Waals surface area contributed by atoms with Crippen LogP contribution in [-0.2, 0) is 53.1 Å². The van der Waals surface area contributed by atoms with Crippen molar-refractivity contribution in [3.05, 3.63) is 231 Å². The highest BCUT2D eigenvalue weighted by Gasteiger charge is 2.39. The third-order valence-electron chi connectivity index (χ3n) is 18.0. The van der Waals surface area contributed by atoms with Crippen LogP contribution in [0, 0.1) is 11.8 Å². The van der Waals surface area contributed by atoms with Crippen molar-refractivity contribution in [2.75, 3.05) is 59.3 Å². The van der Waals surface area contributed by atoms with Crippen LogP contribution in [0.3, 0.4) is 0 Å². The number of fused-ring (bicyclic) bond motifs is 9. The molecular weight excluding hydrogens is 1380 g/mol. The highest BCUT2D eigenvalue weighted by atomic mass is 35.5. The molecule has 4 N–H and O–H groups in total. The molecule has 0 bridgehead atoms. The van der Waals surface area contributed by atoms with E-state index in [1.54, 1.807) is 60.7 Å². The number of ether oxygens (including phenoxy) is 6. The largest absolute Gasteiger partial charge is 0.492 e. The zero-order chi connectivity index (χ0) is 71.3. The maximum Gasteiger partial charge on any atom is 0.411 e. The molecule has 6 aromatic heterocycles. The number of aliphatic hydroxyl groups is 1. The van der Waals surface area contributed by atoms with E-state index in [2.05, 4.69) is 57.3 Å². The third-order valence-corrected chi connectivity index (χ3v) is 18.7. The Balaban J connectivity index is 0.000000138. The number of halogens is 3. The van der Waals surface area contributed by atoms with Crippen LogP contribution in [0.5, 0.6) is 17.2 Å². The molecule has 28 heteroatoms. The second-order valence-corrected chi connectivity index (χ2v) is 25.7. The summed E-state index contributed by atoms with van der Waals surface area (Å²) in [5.74, 6) is 7.62. The van der Waals surface area contributed by atoms with Gasteiger partial charge in [-0.2, -0.15) is 10.2 Å². The van der Waals surface area contributed by atoms with Gasteiger partial charge in [0.25, 0.3) is 0 Å². The normalized spacial score (nSPS) is 15.5. The van der Waals surface area contributed by atoms with E-state index in [0.29, 0.717) is 86.4 Å². The van der Waals surface area contributed by atoms with Gasteiger partial charge in [-0.15, -0.1) is 11.0 Å². The molecule has 25 nitrogen and oxygen atoms in total. The highest BCUT2D eigenvalue weighted by Crippen LogP contribution is 2.43. The van der Waals surface area contributed by atoms with Crippen molar-refractivity contribution in [3.8, 4) is 29.1 Å². The predicted octanol–water partition coefficient (Wildman–Crippen LogP) is 13.2. The average Bonchev–Trinajstić information content (AvgIpc) is 1.63. The van der Waals surface area contributed by atoms with E-state index in [-0.39, 0.29) is 50.1 Å². The molecule has 0 aliphatic carbocycles. The van der Waals surface area contributed by atoms with E-state index in [9.17, 15) is 19.5 Å². The second-order valence-electron chi connectivity index (χ2n) is 24.3. The number of H-pyrrole nitrogens is 3. The summed E-state index contributed by atoms with van der Waals surface area (Å²) in [5.41, 5.74) is 12.3. The Morgan fingerprint density at radius 1 is 0.544 bits per heavy atom. The topological polar surface area (TPSA) is 276 Å². The zero-order valence-electron chi connectivity index (χ0n) is 56.6. The van der Waals surface area contributed by atoms with Gasteiger partial charge in [0.1, 0.15) is 86.6 Å². The number of hydrogen-bond donors (Lipinski definition) is 4. The van der Waals surface area contributed by atoms with Gasteiger partial charge in [0.2, 0.25) is 0 Å². The van der Waals surface area contributed by atoms with Crippen LogP contribution in [-0.4, -0.2) is 163 Å². The average molecular weight is 1450 g/mol. The Labute approximate surface area is 607 Å². The quantitative estimate of drug-likeness (QED) is 0.0432. The minimum Gasteiger partial charge on any atom is -0.492 e. The number of carbonyl (C=O) groups is 3. The number of hydrogen-bond acceptors (Lipinski definition) is 16. The number of aromatic amines is 3. The van der Waals surface area contributed by atoms with E-state index >= 15 is 0 Å². The van der Waals surface area contributed by atoms with E-state index in [4.69, 9.17) is 63.2 Å². The van der Waals surface area contributed by atoms with Gasteiger partial charge >= 0.3 is 18.3 Å². The summed E-state index contributed by atoms with van der Waals surface area (Å²) < 4.78 is 38.6. The monoisotopic (exact) mass is 1450 g/mol. The van der Waals surface area contributed by atoms with Crippen molar-refractivity contribution in [2.45, 2.75) is 83.9 Å². The standard InChI is InChI=1S/C27H26ClN5O4.2C24H24ClN5O3/c1-2-3-12-36-27(35)33-11-10-22-23-13-19(28)6-9-24(23)31-25(22)26(33)18-4-7-21(8-5-18)37-15-20(34)14-32-17-29-16-30-32;1-2-32-24(31)30-11-9-19-20-15-17(25)5-8-21(20)27-22(19)23(30)16-3-6-18(7-4-16)33-14-13-29-12-10-26-28-29;1-2-32-24(31)30-10-9-19-20-13-17(25)5-8-21(20)28-22(19)23(30)16-3-6-18(7-4-16)33-12-11-29-15-26-14-27-29/h4-9,13,16-17,20,26,31,34H,10-12,14-15H2,1H3;3-8,10,12,15,23,27H,2,9,11,13-14H2,1H3;3-8,13-15,23,28H,2,9-12H2,1H3. The van der Waals surface area contributed by atoms with Crippen LogP contribution in [0.2, 0.25) is 15.1 Å². The Morgan fingerprint density at radius 2 is 0.951 bits per heavy atom. The molecule has 12 aromatic rings. The molecule has 0 spiro atoms. The van der Waals surface area contributed by atoms with E-state index < -0.39 is 12.2 Å². The van der Waals surface area contributed by atoms with Crippen molar-refractivity contribution in [1.82, 2.24) is 74.2 Å². The second kappa shape index (κ2) is 32.7. The van der Waals surface area contributed by atoms with Crippen LogP contribution in [0.15, 0.2) is 165 Å². The van der Waals surface area contributed by atoms with Crippen molar-refractivity contribution in [3.63, 3.8) is 0 Å². The molecule has 0 fully saturated rings. The number of carbonyl (C=O) groups excluding carboxylic acids is 3. The Kier molecular flexibility index (Phi) is 22.4. The van der Waals surface area contributed by atoms with Crippen LogP contribution >= 0.6 is 34.8 Å². The van der Waals surface area contributed by atoms with Crippen LogP contribution in [0.1, 0.15) is 89.4 Å². The molecular formula is C75H74Cl3N15O10. The van der Waals surface area contributed by atoms with Crippen molar-refractivity contribution in [1.29, 1.82) is 0 Å². The lowest BCUT2D eigenvalue weighted by Crippen LogP contribution is -2.41. The van der Waals surface area contributed by atoms with E-state index in [1.165, 1.54) is 23.8 Å². The van der Waals surface area contributed by atoms with Crippen molar-refractivity contribution < 1.29 is 47.9 Å². The molecule has 3 amide bonds. The lowest BCUT2D eigenvalue weighted by atomic mass is 9.92. The number of aliphatic hydroxyl groups excluding tert-OH is 1. The third kappa shape index (κ3) is 16.3. The summed E-state index contributed by atoms with van der Waals surface area (Å²) >= 11 is 18.8. The van der Waals surface area contributed by atoms with E-state index in [1.807, 2.05) is 141 Å². The Hall–Kier alpha value is -11.0. The smallest absolute Gasteiger partial charge is 0.411 e. The number of amides is 3. The molecule has 9 heterocycles. The number of aromatic nitrogens is 12. The van der Waals surface area contributed by atoms with Gasteiger partial charge < -0.3 is 48.5 Å². The molecule has 530 valence electrons. The van der Waals surface area contributed by atoms with Gasteiger partial charge in [-0.1, -0.05) is 82.3 Å². The van der Waals surface area contributed by atoms with Crippen LogP contribution in [0.25, 0.3) is 32.7 Å². The highest BCUT2D eigenvalue weighted by molar-refractivity contribution is 6.32. The Bertz CT molecular complexity index is 4730. The fraction of sp³-hybridized carbons (Fsp3) is 0.293. The van der Waals surface area contributed by atoms with Gasteiger partial charge in [0.15, 0.2) is 6.61 Å². The fourth-order valence-corrected chi connectivity index (χ4v) is 13.8. The SMILES string of the molecule is CC#CCOC(=O)N1CCc2c([nH]c3ccc(Cl)cc23)C1c1ccc(OCC(O)Cn2cncn2)cc1.CCOC(=O)N1CCc2c([nH]c3ccc(Cl)cc23)C1c1ccc(OCCn2ccnn2)cc1.CCOC(=O)N1CCc2c([nH]c3ccc(Cl)cc23)C1c1ccc(OCCn2cncn2)cc1. The maximum absolute atomic E-state index is 13.0. The van der Waals surface area contributed by atoms with Crippen molar-refractivity contribution >= 4 is 85.8 Å². The minimum atomic E-state index is -0.739. The summed E-state index contributed by atoms with van der Waals surface area (Å²) in [6.07, 6.45) is 9.88. The number of benzene rings is 6. The van der Waals surface area contributed by atoms with Crippen LogP contribution < -0.4 is 14.2 Å². The molecule has 15 rings (SSSR count). The first-order chi connectivity index (χ1) is 50.3. The number of nitrogens with one attached hydrogen (secondary N) is 3. The summed E-state index contributed by atoms with van der Waals surface area (Å²) in [6, 6.07) is 39.6. The lowest BCUT2D eigenvalue weighted by molar-refractivity contribution is 0.0891. The van der Waals surface area contributed by atoms with Crippen molar-refractivity contribution in [2.24, 2.45) is 0 Å². The molecule has 4 unspecified atom stereocenters. The van der Waals surface area contributed by atoms with Gasteiger partial charge in [-0.05, 0) is 164 Å². The summed E-state index contributed by atoms with van der Waals surface area (Å²) in [4.78, 5) is 62.3. The summed E-state index contributed by atoms with van der Waals surface area (Å²) in [6.45, 7) is 10.2. The summed E-state index contributed by atoms with van der Waals surface area (Å²) in [5, 5.41) is 31.3. The van der Waals surface area contributed by atoms with Gasteiger partial charge in [0.05, 0.1) is 39.0 Å². The van der Waals surface area contributed by atoms with Gasteiger partial charge in [-0.3, -0.25) is 19.4 Å². The fourth-order valence-electron chi connectivity index (χ4n) is 13.3. The van der Waals surface area contributed by atoms with Gasteiger partial charge in [0, 0.05) is 90.7 Å². The first-order valence-electron chi connectivity index (χ1n) is 33.8. The first kappa shape index (κ1) is 70.4. The zero-order valence-corrected chi connectivity index (χ0v) is 58.9. The molecule has 4 atom stereocenters. The molecule has 3 aliphatic heterocycles. The number of nitrogens with zero attached hydrogens (tertiary/aromatic N) is 12. The molecule has 0 saturated heterocycles. The predicted molar refractivity (Wildman–Crippen MR) is 387 cm³/mol. The van der Waals surface area contributed by atoms with E-state index in [0.717, 1.165) is 96.4 Å². The maximum atomic E-state index is 13.0. The molecule has 6 aromatic carbocycles. The molecule has 103 heavy (non-hydrogen) atoms. The molecule has 0 radical (unpaired) electrons. The number of rotatable bonds is 19. The molecule has 3 aliphatic rings. The first-order valence-corrected chi connectivity index (χ1v) is 34.9. The molecule has 0 saturated carbocycles. The Morgan fingerprint density at radius 3 is 1.34 bits per heavy atom. The minimum absolute atomic E-state index is 0.0391. The van der Waals surface area contributed by atoms with Crippen LogP contribution in [0.4, 0.5) is 14.4 Å². The van der Waals surface area contributed by atoms with Gasteiger partial charge in [-0.25, -0.2) is 33.7 Å².